The molecule has 0 aromatic rings. The summed E-state index contributed by atoms with van der Waals surface area (Å²) in [5.74, 6) is 0. The Morgan fingerprint density at radius 2 is 1.89 bits per heavy atom. The fourth-order valence-corrected chi connectivity index (χ4v) is 1.33. The zero-order valence-corrected chi connectivity index (χ0v) is 6.49. The highest BCUT2D eigenvalue weighted by molar-refractivity contribution is 5.38. The molecule has 0 unspecified atom stereocenters. The molecule has 0 aliphatic heterocycles. The molecular formula is C9H14. The van der Waals surface area contributed by atoms with Gasteiger partial charge in [-0.05, 0) is 44.8 Å². The van der Waals surface area contributed by atoms with Crippen molar-refractivity contribution in [2.75, 3.05) is 0 Å². The van der Waals surface area contributed by atoms with Crippen molar-refractivity contribution < 1.29 is 0 Å². The van der Waals surface area contributed by atoms with Crippen molar-refractivity contribution >= 4 is 0 Å². The second-order valence-corrected chi connectivity index (χ2v) is 2.72. The first-order valence-electron chi connectivity index (χ1n) is 3.57. The van der Waals surface area contributed by atoms with Crippen LogP contribution >= 0.6 is 0 Å². The molecule has 0 radical (unpaired) electrons. The van der Waals surface area contributed by atoms with E-state index < -0.39 is 0 Å². The predicted molar refractivity (Wildman–Crippen MR) is 41.4 cm³/mol. The topological polar surface area (TPSA) is 0 Å². The third kappa shape index (κ3) is 1.07. The van der Waals surface area contributed by atoms with Gasteiger partial charge in [-0.15, -0.1) is 0 Å². The molecule has 0 atom stereocenters. The van der Waals surface area contributed by atoms with E-state index >= 15 is 0 Å². The lowest BCUT2D eigenvalue weighted by molar-refractivity contribution is 1.01. The lowest BCUT2D eigenvalue weighted by atomic mass is 10.1. The molecule has 0 N–H and O–H groups in total. The van der Waals surface area contributed by atoms with Gasteiger partial charge in [0, 0.05) is 0 Å². The molecule has 9 heavy (non-hydrogen) atoms. The van der Waals surface area contributed by atoms with E-state index in [0.29, 0.717) is 0 Å². The van der Waals surface area contributed by atoms with Crippen LogP contribution in [0.4, 0.5) is 0 Å². The van der Waals surface area contributed by atoms with Gasteiger partial charge < -0.3 is 0 Å². The summed E-state index contributed by atoms with van der Waals surface area (Å²) < 4.78 is 0. The van der Waals surface area contributed by atoms with Gasteiger partial charge >= 0.3 is 0 Å². The summed E-state index contributed by atoms with van der Waals surface area (Å²) in [5, 5.41) is 0. The molecule has 1 rings (SSSR count). The van der Waals surface area contributed by atoms with E-state index in [-0.39, 0.29) is 0 Å². The fourth-order valence-electron chi connectivity index (χ4n) is 1.33. The maximum absolute atomic E-state index is 2.23. The summed E-state index contributed by atoms with van der Waals surface area (Å²) in [7, 11) is 0. The fraction of sp³-hybridized carbons (Fsp3) is 0.556. The van der Waals surface area contributed by atoms with Gasteiger partial charge in [0.1, 0.15) is 0 Å². The van der Waals surface area contributed by atoms with Crippen molar-refractivity contribution in [1.29, 1.82) is 0 Å². The standard InChI is InChI=1S/C9H14/c1-4-9-6-5-7(2)8(9)3/h4H,5-6H2,1-3H3/b9-4+. The number of hydrogen-bond acceptors (Lipinski definition) is 0. The molecule has 0 spiro atoms. The van der Waals surface area contributed by atoms with Gasteiger partial charge in [0.15, 0.2) is 0 Å². The van der Waals surface area contributed by atoms with Crippen LogP contribution in [0, 0.1) is 0 Å². The van der Waals surface area contributed by atoms with Crippen LogP contribution in [0.15, 0.2) is 22.8 Å². The van der Waals surface area contributed by atoms with Crippen LogP contribution in [0.25, 0.3) is 0 Å². The monoisotopic (exact) mass is 122 g/mol. The predicted octanol–water partition coefficient (Wildman–Crippen LogP) is 3.06. The summed E-state index contributed by atoms with van der Waals surface area (Å²) in [6.45, 7) is 6.57. The normalized spacial score (nSPS) is 24.1. The molecule has 0 nitrogen and oxygen atoms in total. The summed E-state index contributed by atoms with van der Waals surface area (Å²) in [6, 6.07) is 0. The first-order chi connectivity index (χ1) is 4.25. The van der Waals surface area contributed by atoms with Gasteiger partial charge in [-0.1, -0.05) is 11.6 Å². The van der Waals surface area contributed by atoms with Gasteiger partial charge in [-0.3, -0.25) is 0 Å². The van der Waals surface area contributed by atoms with Crippen LogP contribution in [0.3, 0.4) is 0 Å². The van der Waals surface area contributed by atoms with Crippen molar-refractivity contribution in [2.24, 2.45) is 0 Å². The molecule has 0 aromatic carbocycles. The second-order valence-electron chi connectivity index (χ2n) is 2.72. The summed E-state index contributed by atoms with van der Waals surface area (Å²) in [5.41, 5.74) is 4.65. The molecule has 1 aliphatic rings. The average molecular weight is 122 g/mol. The first-order valence-corrected chi connectivity index (χ1v) is 3.57. The van der Waals surface area contributed by atoms with Crippen molar-refractivity contribution in [3.8, 4) is 0 Å². The summed E-state index contributed by atoms with van der Waals surface area (Å²) >= 11 is 0. The van der Waals surface area contributed by atoms with Crippen LogP contribution in [0.1, 0.15) is 33.6 Å². The van der Waals surface area contributed by atoms with E-state index in [1.165, 1.54) is 18.4 Å². The van der Waals surface area contributed by atoms with Crippen LogP contribution in [-0.4, -0.2) is 0 Å². The molecule has 0 amide bonds. The van der Waals surface area contributed by atoms with Crippen LogP contribution in [-0.2, 0) is 0 Å². The third-order valence-corrected chi connectivity index (χ3v) is 2.24. The minimum atomic E-state index is 1.27. The highest BCUT2D eigenvalue weighted by Crippen LogP contribution is 2.29. The summed E-state index contributed by atoms with van der Waals surface area (Å²) in [6.07, 6.45) is 4.78. The Hall–Kier alpha value is -0.520. The van der Waals surface area contributed by atoms with E-state index in [9.17, 15) is 0 Å². The van der Waals surface area contributed by atoms with E-state index in [2.05, 4.69) is 26.8 Å². The largest absolute Gasteiger partial charge is 0.0842 e. The van der Waals surface area contributed by atoms with Crippen molar-refractivity contribution in [3.05, 3.63) is 22.8 Å². The Kier molecular flexibility index (Phi) is 1.75. The Labute approximate surface area is 57.3 Å². The third-order valence-electron chi connectivity index (χ3n) is 2.24. The molecular weight excluding hydrogens is 108 g/mol. The van der Waals surface area contributed by atoms with E-state index in [4.69, 9.17) is 0 Å². The molecule has 0 aromatic heterocycles. The number of allylic oxidation sites excluding steroid dienone is 4. The Morgan fingerprint density at radius 3 is 2.11 bits per heavy atom. The molecule has 0 heteroatoms. The number of hydrogen-bond donors (Lipinski definition) is 0. The lowest BCUT2D eigenvalue weighted by Crippen LogP contribution is -1.74. The minimum absolute atomic E-state index is 1.27. The molecule has 0 saturated carbocycles. The van der Waals surface area contributed by atoms with Gasteiger partial charge in [0.25, 0.3) is 0 Å². The van der Waals surface area contributed by atoms with E-state index in [1.807, 2.05) is 0 Å². The Morgan fingerprint density at radius 1 is 1.22 bits per heavy atom. The van der Waals surface area contributed by atoms with Crippen LogP contribution < -0.4 is 0 Å². The van der Waals surface area contributed by atoms with E-state index in [0.717, 1.165) is 0 Å². The smallest absolute Gasteiger partial charge is 0.0242 e. The first kappa shape index (κ1) is 6.60. The molecule has 0 fully saturated rings. The molecule has 1 aliphatic carbocycles. The average Bonchev–Trinajstić information content (AvgIpc) is 2.15. The van der Waals surface area contributed by atoms with Gasteiger partial charge in [0.05, 0.1) is 0 Å². The highest BCUT2D eigenvalue weighted by Gasteiger charge is 2.10. The van der Waals surface area contributed by atoms with Crippen molar-refractivity contribution in [2.45, 2.75) is 33.6 Å². The van der Waals surface area contributed by atoms with Crippen molar-refractivity contribution in [3.63, 3.8) is 0 Å². The SMILES string of the molecule is C/C=C1\CCC(C)=C1C. The van der Waals surface area contributed by atoms with Gasteiger partial charge in [-0.25, -0.2) is 0 Å². The highest BCUT2D eigenvalue weighted by atomic mass is 14.2. The maximum Gasteiger partial charge on any atom is -0.0242 e. The summed E-state index contributed by atoms with van der Waals surface area (Å²) in [4.78, 5) is 0. The number of rotatable bonds is 0. The quantitative estimate of drug-likeness (QED) is 0.463. The Bertz CT molecular complexity index is 170. The lowest BCUT2D eigenvalue weighted by Gasteiger charge is -1.94. The molecule has 0 saturated heterocycles. The minimum Gasteiger partial charge on any atom is -0.0842 e. The molecule has 0 heterocycles. The van der Waals surface area contributed by atoms with Crippen LogP contribution in [0.2, 0.25) is 0 Å². The van der Waals surface area contributed by atoms with E-state index in [1.54, 1.807) is 11.1 Å². The maximum atomic E-state index is 2.23. The van der Waals surface area contributed by atoms with Crippen molar-refractivity contribution in [1.82, 2.24) is 0 Å². The van der Waals surface area contributed by atoms with Gasteiger partial charge in [-0.2, -0.15) is 0 Å². The Balaban J connectivity index is 2.88. The van der Waals surface area contributed by atoms with Crippen LogP contribution in [0.5, 0.6) is 0 Å². The second kappa shape index (κ2) is 2.38. The molecule has 50 valence electrons. The zero-order valence-electron chi connectivity index (χ0n) is 6.49. The van der Waals surface area contributed by atoms with Gasteiger partial charge in [0.2, 0.25) is 0 Å². The zero-order chi connectivity index (χ0) is 6.85. The molecule has 0 bridgehead atoms.